The number of primary amides is 1. The van der Waals surface area contributed by atoms with E-state index in [9.17, 15) is 9.18 Å². The average Bonchev–Trinajstić information content (AvgIpc) is 2.39. The Kier molecular flexibility index (Phi) is 4.36. The molecule has 2 aromatic carbocycles. The van der Waals surface area contributed by atoms with Gasteiger partial charge in [0.1, 0.15) is 18.2 Å². The molecule has 0 heterocycles. The van der Waals surface area contributed by atoms with Gasteiger partial charge in [0.05, 0.1) is 0 Å². The summed E-state index contributed by atoms with van der Waals surface area (Å²) in [6.45, 7) is 0.103. The second-order valence-corrected chi connectivity index (χ2v) is 5.16. The van der Waals surface area contributed by atoms with Gasteiger partial charge in [0.25, 0.3) is 0 Å². The lowest BCUT2D eigenvalue weighted by Gasteiger charge is -2.08. The zero-order chi connectivity index (χ0) is 13.8. The third-order valence-electron chi connectivity index (χ3n) is 2.55. The lowest BCUT2D eigenvalue weighted by Crippen LogP contribution is -2.11. The Morgan fingerprint density at radius 2 is 1.89 bits per heavy atom. The molecular weight excluding hydrogens is 360 g/mol. The summed E-state index contributed by atoms with van der Waals surface area (Å²) in [7, 11) is 0. The quantitative estimate of drug-likeness (QED) is 0.840. The van der Waals surface area contributed by atoms with E-state index in [4.69, 9.17) is 10.5 Å². The Balaban J connectivity index is 2.07. The lowest BCUT2D eigenvalue weighted by molar-refractivity contribution is 0.0999. The molecule has 0 aliphatic heterocycles. The Morgan fingerprint density at radius 3 is 2.47 bits per heavy atom. The van der Waals surface area contributed by atoms with Crippen LogP contribution in [0.3, 0.4) is 0 Å². The number of carbonyl (C=O) groups is 1. The van der Waals surface area contributed by atoms with Crippen molar-refractivity contribution in [2.24, 2.45) is 5.73 Å². The van der Waals surface area contributed by atoms with Gasteiger partial charge in [-0.2, -0.15) is 0 Å². The molecule has 0 unspecified atom stereocenters. The van der Waals surface area contributed by atoms with Crippen LogP contribution in [0.4, 0.5) is 4.39 Å². The van der Waals surface area contributed by atoms with Crippen LogP contribution >= 0.6 is 22.6 Å². The van der Waals surface area contributed by atoms with Gasteiger partial charge in [-0.3, -0.25) is 4.79 Å². The van der Waals surface area contributed by atoms with Crippen LogP contribution in [0, 0.1) is 9.39 Å². The lowest BCUT2D eigenvalue weighted by atomic mass is 10.1. The minimum Gasteiger partial charge on any atom is -0.489 e. The molecule has 0 aromatic heterocycles. The number of hydrogen-bond acceptors (Lipinski definition) is 2. The van der Waals surface area contributed by atoms with Gasteiger partial charge in [0, 0.05) is 14.7 Å². The predicted molar refractivity (Wildman–Crippen MR) is 78.4 cm³/mol. The van der Waals surface area contributed by atoms with Crippen molar-refractivity contribution in [3.63, 3.8) is 0 Å². The predicted octanol–water partition coefficient (Wildman–Crippen LogP) is 3.11. The molecule has 0 bridgehead atoms. The van der Waals surface area contributed by atoms with E-state index in [0.29, 0.717) is 11.3 Å². The van der Waals surface area contributed by atoms with Gasteiger partial charge in [0.15, 0.2) is 0 Å². The molecule has 0 aliphatic carbocycles. The van der Waals surface area contributed by atoms with Gasteiger partial charge in [-0.05, 0) is 59.0 Å². The molecule has 2 aromatic rings. The van der Waals surface area contributed by atoms with Crippen LogP contribution in [0.2, 0.25) is 0 Å². The largest absolute Gasteiger partial charge is 0.489 e. The number of amides is 1. The second kappa shape index (κ2) is 6.01. The number of hydrogen-bond donors (Lipinski definition) is 1. The van der Waals surface area contributed by atoms with E-state index in [1.165, 1.54) is 12.1 Å². The van der Waals surface area contributed by atoms with Crippen molar-refractivity contribution < 1.29 is 13.9 Å². The van der Waals surface area contributed by atoms with Gasteiger partial charge in [-0.15, -0.1) is 0 Å². The molecule has 19 heavy (non-hydrogen) atoms. The number of carbonyl (C=O) groups excluding carboxylic acids is 1. The first-order chi connectivity index (χ1) is 9.06. The van der Waals surface area contributed by atoms with Crippen LogP contribution in [0.5, 0.6) is 5.75 Å². The first-order valence-corrected chi connectivity index (χ1v) is 6.61. The van der Waals surface area contributed by atoms with E-state index in [0.717, 1.165) is 9.64 Å². The molecule has 5 heteroatoms. The van der Waals surface area contributed by atoms with Crippen LogP contribution < -0.4 is 10.5 Å². The van der Waals surface area contributed by atoms with E-state index in [1.807, 2.05) is 24.3 Å². The molecule has 1 amide bonds. The van der Waals surface area contributed by atoms with Crippen molar-refractivity contribution in [1.29, 1.82) is 0 Å². The number of rotatable bonds is 4. The number of halogens is 2. The van der Waals surface area contributed by atoms with E-state index in [2.05, 4.69) is 22.6 Å². The third kappa shape index (κ3) is 3.66. The maximum absolute atomic E-state index is 13.7. The van der Waals surface area contributed by atoms with Gasteiger partial charge in [-0.25, -0.2) is 4.39 Å². The summed E-state index contributed by atoms with van der Waals surface area (Å²) in [5, 5.41) is 0. The molecule has 3 nitrogen and oxygen atoms in total. The molecule has 2 rings (SSSR count). The SMILES string of the molecule is NC(=O)c1ccc(COc2ccc(I)cc2)c(F)c1. The molecule has 0 saturated heterocycles. The highest BCUT2D eigenvalue weighted by Crippen LogP contribution is 2.17. The highest BCUT2D eigenvalue weighted by molar-refractivity contribution is 14.1. The molecule has 0 spiro atoms. The van der Waals surface area contributed by atoms with Gasteiger partial charge in [0.2, 0.25) is 5.91 Å². The first kappa shape index (κ1) is 13.8. The van der Waals surface area contributed by atoms with Gasteiger partial charge >= 0.3 is 0 Å². The monoisotopic (exact) mass is 371 g/mol. The molecule has 0 radical (unpaired) electrons. The highest BCUT2D eigenvalue weighted by Gasteiger charge is 2.07. The van der Waals surface area contributed by atoms with Crippen LogP contribution in [0.15, 0.2) is 42.5 Å². The van der Waals surface area contributed by atoms with Crippen molar-refractivity contribution in [3.05, 3.63) is 63.0 Å². The molecular formula is C14H11FINO2. The minimum atomic E-state index is -0.649. The summed E-state index contributed by atoms with van der Waals surface area (Å²) in [5.74, 6) is -0.482. The van der Waals surface area contributed by atoms with Crippen molar-refractivity contribution in [2.45, 2.75) is 6.61 Å². The fraction of sp³-hybridized carbons (Fsp3) is 0.0714. The topological polar surface area (TPSA) is 52.3 Å². The summed E-state index contributed by atoms with van der Waals surface area (Å²) < 4.78 is 20.3. The molecule has 0 atom stereocenters. The Labute approximate surface area is 123 Å². The molecule has 0 saturated carbocycles. The fourth-order valence-corrected chi connectivity index (χ4v) is 1.87. The van der Waals surface area contributed by atoms with E-state index in [-0.39, 0.29) is 12.2 Å². The van der Waals surface area contributed by atoms with E-state index < -0.39 is 11.7 Å². The smallest absolute Gasteiger partial charge is 0.248 e. The summed E-state index contributed by atoms with van der Waals surface area (Å²) >= 11 is 2.19. The zero-order valence-electron chi connectivity index (χ0n) is 9.90. The van der Waals surface area contributed by atoms with Crippen LogP contribution in [0.1, 0.15) is 15.9 Å². The summed E-state index contributed by atoms with van der Waals surface area (Å²) in [6.07, 6.45) is 0. The fourth-order valence-electron chi connectivity index (χ4n) is 1.51. The number of nitrogens with two attached hydrogens (primary N) is 1. The molecule has 0 aliphatic rings. The van der Waals surface area contributed by atoms with Crippen LogP contribution in [0.25, 0.3) is 0 Å². The van der Waals surface area contributed by atoms with Crippen molar-refractivity contribution in [1.82, 2.24) is 0 Å². The molecule has 0 fully saturated rings. The summed E-state index contributed by atoms with van der Waals surface area (Å²) in [5.41, 5.74) is 5.60. The Hall–Kier alpha value is -1.63. The normalized spacial score (nSPS) is 10.2. The Bertz CT molecular complexity index is 599. The summed E-state index contributed by atoms with van der Waals surface area (Å²) in [4.78, 5) is 10.9. The van der Waals surface area contributed by atoms with Crippen molar-refractivity contribution in [3.8, 4) is 5.75 Å². The first-order valence-electron chi connectivity index (χ1n) is 5.53. The molecule has 98 valence electrons. The van der Waals surface area contributed by atoms with Gasteiger partial charge < -0.3 is 10.5 Å². The average molecular weight is 371 g/mol. The number of benzene rings is 2. The van der Waals surface area contributed by atoms with E-state index >= 15 is 0 Å². The number of ether oxygens (including phenoxy) is 1. The maximum Gasteiger partial charge on any atom is 0.248 e. The maximum atomic E-state index is 13.7. The zero-order valence-corrected chi connectivity index (χ0v) is 12.1. The van der Waals surface area contributed by atoms with E-state index in [1.54, 1.807) is 0 Å². The van der Waals surface area contributed by atoms with Crippen molar-refractivity contribution in [2.75, 3.05) is 0 Å². The van der Waals surface area contributed by atoms with Crippen LogP contribution in [-0.2, 0) is 6.61 Å². The minimum absolute atomic E-state index is 0.103. The molecule has 2 N–H and O–H groups in total. The second-order valence-electron chi connectivity index (χ2n) is 3.91. The van der Waals surface area contributed by atoms with Crippen molar-refractivity contribution >= 4 is 28.5 Å². The Morgan fingerprint density at radius 1 is 1.21 bits per heavy atom. The highest BCUT2D eigenvalue weighted by atomic mass is 127. The third-order valence-corrected chi connectivity index (χ3v) is 3.26. The summed E-state index contributed by atoms with van der Waals surface area (Å²) in [6, 6.07) is 11.6. The standard InChI is InChI=1S/C14H11FINO2/c15-13-7-9(14(17)18)1-2-10(13)8-19-12-5-3-11(16)4-6-12/h1-7H,8H2,(H2,17,18). The van der Waals surface area contributed by atoms with Crippen LogP contribution in [-0.4, -0.2) is 5.91 Å². The van der Waals surface area contributed by atoms with Gasteiger partial charge in [-0.1, -0.05) is 6.07 Å².